The van der Waals surface area contributed by atoms with Gasteiger partial charge in [-0.15, -0.1) is 0 Å². The lowest BCUT2D eigenvalue weighted by atomic mass is 10.0. The highest BCUT2D eigenvalue weighted by Crippen LogP contribution is 2.31. The van der Waals surface area contributed by atoms with Gasteiger partial charge in [0.15, 0.2) is 0 Å². The Hall–Kier alpha value is -1.22. The van der Waals surface area contributed by atoms with Crippen LogP contribution in [-0.2, 0) is 0 Å². The van der Waals surface area contributed by atoms with Crippen LogP contribution in [0.5, 0.6) is 11.5 Å². The van der Waals surface area contributed by atoms with Gasteiger partial charge in [0.25, 0.3) is 0 Å². The Bertz CT molecular complexity index is 336. The second-order valence-corrected chi connectivity index (χ2v) is 4.12. The molecule has 1 N–H and O–H groups in total. The average molecular weight is 238 g/mol. The fourth-order valence-corrected chi connectivity index (χ4v) is 1.84. The van der Waals surface area contributed by atoms with Crippen molar-refractivity contribution < 1.29 is 14.6 Å². The Labute approximate surface area is 103 Å². The van der Waals surface area contributed by atoms with Gasteiger partial charge in [0.1, 0.15) is 11.5 Å². The Morgan fingerprint density at radius 3 is 2.53 bits per heavy atom. The zero-order valence-corrected chi connectivity index (χ0v) is 10.9. The van der Waals surface area contributed by atoms with Gasteiger partial charge in [0.05, 0.1) is 20.3 Å². The largest absolute Gasteiger partial charge is 0.497 e. The summed E-state index contributed by atoms with van der Waals surface area (Å²) in [5, 5.41) is 10.1. The molecule has 0 saturated carbocycles. The lowest BCUT2D eigenvalue weighted by Crippen LogP contribution is -2.01. The van der Waals surface area contributed by atoms with Gasteiger partial charge in [-0.25, -0.2) is 0 Å². The molecule has 1 unspecified atom stereocenters. The van der Waals surface area contributed by atoms with Crippen molar-refractivity contribution in [2.24, 2.45) is 0 Å². The quantitative estimate of drug-likeness (QED) is 0.741. The lowest BCUT2D eigenvalue weighted by Gasteiger charge is -2.15. The third-order valence-electron chi connectivity index (χ3n) is 2.88. The maximum atomic E-state index is 10.1. The minimum absolute atomic E-state index is 0.480. The molecule has 1 aromatic rings. The van der Waals surface area contributed by atoms with Crippen LogP contribution >= 0.6 is 0 Å². The van der Waals surface area contributed by atoms with Crippen LogP contribution in [0.1, 0.15) is 44.3 Å². The Balaban J connectivity index is 2.78. The van der Waals surface area contributed by atoms with Gasteiger partial charge in [-0.05, 0) is 24.6 Å². The van der Waals surface area contributed by atoms with E-state index < -0.39 is 6.10 Å². The molecule has 0 heterocycles. The molecule has 0 aliphatic heterocycles. The van der Waals surface area contributed by atoms with Crippen molar-refractivity contribution in [3.8, 4) is 11.5 Å². The Kier molecular flexibility index (Phi) is 5.84. The second kappa shape index (κ2) is 7.17. The van der Waals surface area contributed by atoms with E-state index in [1.54, 1.807) is 14.2 Å². The van der Waals surface area contributed by atoms with Crippen LogP contribution in [0.15, 0.2) is 18.2 Å². The molecule has 3 nitrogen and oxygen atoms in total. The van der Waals surface area contributed by atoms with Crippen molar-refractivity contribution in [2.45, 2.75) is 38.7 Å². The molecule has 0 fully saturated rings. The van der Waals surface area contributed by atoms with Crippen molar-refractivity contribution >= 4 is 0 Å². The van der Waals surface area contributed by atoms with Crippen LogP contribution < -0.4 is 9.47 Å². The number of aliphatic hydroxyl groups is 1. The molecule has 0 saturated heterocycles. The van der Waals surface area contributed by atoms with Crippen molar-refractivity contribution in [3.63, 3.8) is 0 Å². The number of aliphatic hydroxyl groups excluding tert-OH is 1. The molecule has 0 amide bonds. The zero-order chi connectivity index (χ0) is 12.7. The van der Waals surface area contributed by atoms with E-state index in [1.165, 1.54) is 0 Å². The molecule has 1 atom stereocenters. The predicted molar refractivity (Wildman–Crippen MR) is 68.6 cm³/mol. The fraction of sp³-hybridized carbons (Fsp3) is 0.571. The second-order valence-electron chi connectivity index (χ2n) is 4.12. The van der Waals surface area contributed by atoms with Crippen LogP contribution in [-0.4, -0.2) is 19.3 Å². The van der Waals surface area contributed by atoms with Gasteiger partial charge in [-0.3, -0.25) is 0 Å². The van der Waals surface area contributed by atoms with E-state index in [0.29, 0.717) is 0 Å². The molecule has 1 aromatic carbocycles. The Morgan fingerprint density at radius 1 is 1.18 bits per heavy atom. The van der Waals surface area contributed by atoms with Gasteiger partial charge >= 0.3 is 0 Å². The van der Waals surface area contributed by atoms with Crippen molar-refractivity contribution in [1.29, 1.82) is 0 Å². The maximum Gasteiger partial charge on any atom is 0.124 e. The predicted octanol–water partition coefficient (Wildman–Crippen LogP) is 3.32. The molecule has 0 radical (unpaired) electrons. The molecular weight excluding hydrogens is 216 g/mol. The highest BCUT2D eigenvalue weighted by atomic mass is 16.5. The normalized spacial score (nSPS) is 12.2. The highest BCUT2D eigenvalue weighted by molar-refractivity contribution is 5.41. The lowest BCUT2D eigenvalue weighted by molar-refractivity contribution is 0.159. The smallest absolute Gasteiger partial charge is 0.124 e. The summed E-state index contributed by atoms with van der Waals surface area (Å²) in [5.74, 6) is 1.46. The van der Waals surface area contributed by atoms with Gasteiger partial charge in [0, 0.05) is 5.56 Å². The summed E-state index contributed by atoms with van der Waals surface area (Å²) < 4.78 is 10.4. The van der Waals surface area contributed by atoms with Crippen LogP contribution in [0.3, 0.4) is 0 Å². The monoisotopic (exact) mass is 238 g/mol. The first kappa shape index (κ1) is 13.8. The Morgan fingerprint density at radius 2 is 1.94 bits per heavy atom. The van der Waals surface area contributed by atoms with E-state index in [9.17, 15) is 5.11 Å². The number of hydrogen-bond acceptors (Lipinski definition) is 3. The summed E-state index contributed by atoms with van der Waals surface area (Å²) in [6.07, 6.45) is 3.60. The fourth-order valence-electron chi connectivity index (χ4n) is 1.84. The standard InChI is InChI=1S/C14H22O3/c1-4-5-6-7-13(15)12-10-11(16-2)8-9-14(12)17-3/h8-10,13,15H,4-7H2,1-3H3. The topological polar surface area (TPSA) is 38.7 Å². The molecule has 96 valence electrons. The maximum absolute atomic E-state index is 10.1. The third-order valence-corrected chi connectivity index (χ3v) is 2.88. The van der Waals surface area contributed by atoms with Crippen LogP contribution in [0.25, 0.3) is 0 Å². The minimum atomic E-state index is -0.480. The van der Waals surface area contributed by atoms with Crippen molar-refractivity contribution in [1.82, 2.24) is 0 Å². The van der Waals surface area contributed by atoms with E-state index in [1.807, 2.05) is 18.2 Å². The van der Waals surface area contributed by atoms with Gasteiger partial charge in [-0.1, -0.05) is 26.2 Å². The molecule has 0 aromatic heterocycles. The summed E-state index contributed by atoms with van der Waals surface area (Å²) in [6, 6.07) is 5.51. The van der Waals surface area contributed by atoms with Gasteiger partial charge in [-0.2, -0.15) is 0 Å². The van der Waals surface area contributed by atoms with E-state index >= 15 is 0 Å². The SMILES string of the molecule is CCCCCC(O)c1cc(OC)ccc1OC. The van der Waals surface area contributed by atoms with E-state index in [0.717, 1.165) is 42.7 Å². The molecular formula is C14H22O3. The number of ether oxygens (including phenoxy) is 2. The summed E-state index contributed by atoms with van der Waals surface area (Å²) in [6.45, 7) is 2.15. The summed E-state index contributed by atoms with van der Waals surface area (Å²) in [7, 11) is 3.24. The highest BCUT2D eigenvalue weighted by Gasteiger charge is 2.13. The average Bonchev–Trinajstić information content (AvgIpc) is 2.38. The summed E-state index contributed by atoms with van der Waals surface area (Å²) in [5.41, 5.74) is 0.808. The summed E-state index contributed by atoms with van der Waals surface area (Å²) >= 11 is 0. The van der Waals surface area contributed by atoms with Crippen molar-refractivity contribution in [2.75, 3.05) is 14.2 Å². The zero-order valence-electron chi connectivity index (χ0n) is 10.9. The number of benzene rings is 1. The van der Waals surface area contributed by atoms with Gasteiger partial charge < -0.3 is 14.6 Å². The number of methoxy groups -OCH3 is 2. The molecule has 1 rings (SSSR count). The molecule has 0 bridgehead atoms. The van der Waals surface area contributed by atoms with E-state index in [4.69, 9.17) is 9.47 Å². The molecule has 0 aliphatic rings. The van der Waals surface area contributed by atoms with Crippen LogP contribution in [0.2, 0.25) is 0 Å². The summed E-state index contributed by atoms with van der Waals surface area (Å²) in [4.78, 5) is 0. The minimum Gasteiger partial charge on any atom is -0.497 e. The molecule has 3 heteroatoms. The van der Waals surface area contributed by atoms with Crippen molar-refractivity contribution in [3.05, 3.63) is 23.8 Å². The molecule has 0 aliphatic carbocycles. The van der Waals surface area contributed by atoms with E-state index in [2.05, 4.69) is 6.92 Å². The van der Waals surface area contributed by atoms with Crippen LogP contribution in [0, 0.1) is 0 Å². The first-order valence-corrected chi connectivity index (χ1v) is 6.13. The van der Waals surface area contributed by atoms with E-state index in [-0.39, 0.29) is 0 Å². The first-order valence-electron chi connectivity index (χ1n) is 6.13. The number of rotatable bonds is 7. The number of hydrogen-bond donors (Lipinski definition) is 1. The first-order chi connectivity index (χ1) is 8.22. The molecule has 17 heavy (non-hydrogen) atoms. The number of unbranched alkanes of at least 4 members (excludes halogenated alkanes) is 2. The van der Waals surface area contributed by atoms with Crippen LogP contribution in [0.4, 0.5) is 0 Å². The molecule has 0 spiro atoms. The van der Waals surface area contributed by atoms with Gasteiger partial charge in [0.2, 0.25) is 0 Å². The third kappa shape index (κ3) is 3.93.